The van der Waals surface area contributed by atoms with Gasteiger partial charge in [0.2, 0.25) is 0 Å². The molecule has 0 aliphatic carbocycles. The number of carbonyl (C=O) groups is 2. The van der Waals surface area contributed by atoms with Gasteiger partial charge < -0.3 is 9.64 Å². The molecule has 0 bridgehead atoms. The highest BCUT2D eigenvalue weighted by Gasteiger charge is 2.37. The monoisotopic (exact) mass is 354 g/mol. The Kier molecular flexibility index (Phi) is 4.66. The van der Waals surface area contributed by atoms with Crippen LogP contribution in [0.2, 0.25) is 0 Å². The van der Waals surface area contributed by atoms with E-state index in [1.807, 2.05) is 20.8 Å². The molecule has 0 N–H and O–H groups in total. The third-order valence-electron chi connectivity index (χ3n) is 3.18. The van der Waals surface area contributed by atoms with Crippen LogP contribution in [0, 0.1) is 0 Å². The maximum atomic E-state index is 12.6. The maximum absolute atomic E-state index is 12.6. The van der Waals surface area contributed by atoms with Crippen molar-refractivity contribution in [2.75, 3.05) is 6.54 Å². The molecule has 1 aliphatic heterocycles. The third kappa shape index (κ3) is 3.81. The van der Waals surface area contributed by atoms with E-state index in [-0.39, 0.29) is 11.9 Å². The zero-order valence-electron chi connectivity index (χ0n) is 12.4. The second kappa shape index (κ2) is 6.13. The van der Waals surface area contributed by atoms with Crippen molar-refractivity contribution in [3.05, 3.63) is 28.5 Å². The number of halogens is 1. The third-order valence-corrected chi connectivity index (χ3v) is 3.81. The first-order valence-corrected chi connectivity index (χ1v) is 7.73. The molecular formula is C15H19BrN2O3. The van der Waals surface area contributed by atoms with E-state index in [0.29, 0.717) is 23.1 Å². The van der Waals surface area contributed by atoms with Crippen molar-refractivity contribution in [1.29, 1.82) is 0 Å². The normalized spacial score (nSPS) is 18.7. The minimum absolute atomic E-state index is 0.191. The van der Waals surface area contributed by atoms with E-state index in [2.05, 4.69) is 20.9 Å². The van der Waals surface area contributed by atoms with Crippen molar-refractivity contribution in [2.24, 2.45) is 0 Å². The van der Waals surface area contributed by atoms with E-state index in [4.69, 9.17) is 4.74 Å². The van der Waals surface area contributed by atoms with Crippen LogP contribution in [0.25, 0.3) is 0 Å². The molecule has 6 heteroatoms. The maximum Gasteiger partial charge on any atom is 0.329 e. The number of nitrogens with zero attached hydrogens (tertiary/aromatic N) is 2. The molecule has 0 aromatic carbocycles. The summed E-state index contributed by atoms with van der Waals surface area (Å²) in [6.07, 6.45) is 3.04. The Morgan fingerprint density at radius 2 is 2.14 bits per heavy atom. The Hall–Kier alpha value is -1.43. The largest absolute Gasteiger partial charge is 0.458 e. The molecule has 1 aromatic heterocycles. The summed E-state index contributed by atoms with van der Waals surface area (Å²) in [5.41, 5.74) is -0.0866. The molecule has 1 aromatic rings. The highest BCUT2D eigenvalue weighted by Crippen LogP contribution is 2.25. The van der Waals surface area contributed by atoms with E-state index in [9.17, 15) is 9.59 Å². The van der Waals surface area contributed by atoms with Gasteiger partial charge in [0, 0.05) is 12.7 Å². The molecule has 21 heavy (non-hydrogen) atoms. The Morgan fingerprint density at radius 3 is 2.76 bits per heavy atom. The molecule has 1 atom stereocenters. The molecule has 2 heterocycles. The number of amides is 1. The first kappa shape index (κ1) is 15.9. The van der Waals surface area contributed by atoms with Gasteiger partial charge in [0.1, 0.15) is 16.2 Å². The zero-order valence-corrected chi connectivity index (χ0v) is 14.0. The molecule has 2 rings (SSSR count). The molecule has 1 fully saturated rings. The van der Waals surface area contributed by atoms with Crippen LogP contribution in [0.15, 0.2) is 22.9 Å². The number of likely N-dealkylation sites (tertiary alicyclic amines) is 1. The topological polar surface area (TPSA) is 59.5 Å². The number of esters is 1. The van der Waals surface area contributed by atoms with Crippen LogP contribution in [0.1, 0.15) is 44.0 Å². The highest BCUT2D eigenvalue weighted by molar-refractivity contribution is 9.10. The van der Waals surface area contributed by atoms with Gasteiger partial charge >= 0.3 is 5.97 Å². The van der Waals surface area contributed by atoms with Crippen LogP contribution < -0.4 is 0 Å². The van der Waals surface area contributed by atoms with Gasteiger partial charge in [-0.3, -0.25) is 4.79 Å². The predicted molar refractivity (Wildman–Crippen MR) is 81.8 cm³/mol. The van der Waals surface area contributed by atoms with Gasteiger partial charge in [-0.2, -0.15) is 0 Å². The van der Waals surface area contributed by atoms with Crippen LogP contribution in [-0.2, 0) is 9.53 Å². The lowest BCUT2D eigenvalue weighted by Gasteiger charge is -2.27. The second-order valence-electron chi connectivity index (χ2n) is 6.03. The van der Waals surface area contributed by atoms with Crippen LogP contribution in [0.3, 0.4) is 0 Å². The van der Waals surface area contributed by atoms with Gasteiger partial charge in [0.15, 0.2) is 0 Å². The molecule has 1 aliphatic rings. The lowest BCUT2D eigenvalue weighted by Crippen LogP contribution is -2.43. The number of hydrogen-bond donors (Lipinski definition) is 0. The van der Waals surface area contributed by atoms with Crippen molar-refractivity contribution < 1.29 is 14.3 Å². The van der Waals surface area contributed by atoms with E-state index in [0.717, 1.165) is 6.42 Å². The fourth-order valence-corrected chi connectivity index (χ4v) is 2.74. The molecule has 0 spiro atoms. The van der Waals surface area contributed by atoms with Gasteiger partial charge in [-0.05, 0) is 61.7 Å². The van der Waals surface area contributed by atoms with E-state index < -0.39 is 11.6 Å². The molecular weight excluding hydrogens is 336 g/mol. The Bertz CT molecular complexity index is 554. The number of aromatic nitrogens is 1. The summed E-state index contributed by atoms with van der Waals surface area (Å²) in [7, 11) is 0. The molecule has 5 nitrogen and oxygen atoms in total. The molecule has 0 saturated carbocycles. The van der Waals surface area contributed by atoms with Gasteiger partial charge in [0.05, 0.1) is 5.56 Å². The zero-order chi connectivity index (χ0) is 15.6. The van der Waals surface area contributed by atoms with Crippen molar-refractivity contribution in [3.63, 3.8) is 0 Å². The van der Waals surface area contributed by atoms with Crippen LogP contribution in [-0.4, -0.2) is 39.9 Å². The fourth-order valence-electron chi connectivity index (χ4n) is 2.32. The lowest BCUT2D eigenvalue weighted by atomic mass is 10.1. The number of pyridine rings is 1. The Labute approximate surface area is 132 Å². The Balaban J connectivity index is 2.17. The Morgan fingerprint density at radius 1 is 1.43 bits per heavy atom. The molecule has 1 saturated heterocycles. The van der Waals surface area contributed by atoms with Crippen LogP contribution >= 0.6 is 15.9 Å². The molecule has 114 valence electrons. The summed E-state index contributed by atoms with van der Waals surface area (Å²) < 4.78 is 5.90. The summed E-state index contributed by atoms with van der Waals surface area (Å²) >= 11 is 3.27. The minimum Gasteiger partial charge on any atom is -0.458 e. The predicted octanol–water partition coefficient (Wildman–Crippen LogP) is 2.79. The minimum atomic E-state index is -0.552. The summed E-state index contributed by atoms with van der Waals surface area (Å²) in [4.78, 5) is 30.5. The van der Waals surface area contributed by atoms with Crippen LogP contribution in [0.5, 0.6) is 0 Å². The van der Waals surface area contributed by atoms with Gasteiger partial charge in [0.25, 0.3) is 5.91 Å². The summed E-state index contributed by atoms with van der Waals surface area (Å²) in [6.45, 7) is 6.03. The number of rotatable bonds is 2. The van der Waals surface area contributed by atoms with E-state index in [1.54, 1.807) is 23.2 Å². The first-order chi connectivity index (χ1) is 9.79. The quantitative estimate of drug-likeness (QED) is 0.605. The standard InChI is InChI=1S/C15H19BrN2O3/c1-15(2,3)21-14(20)11-7-5-9-18(11)13(19)10-6-4-8-17-12(10)16/h4,6,8,11H,5,7,9H2,1-3H3/t11-/m0/s1. The van der Waals surface area contributed by atoms with E-state index >= 15 is 0 Å². The van der Waals surface area contributed by atoms with Gasteiger partial charge in [-0.1, -0.05) is 0 Å². The fraction of sp³-hybridized carbons (Fsp3) is 0.533. The number of hydrogen-bond acceptors (Lipinski definition) is 4. The number of ether oxygens (including phenoxy) is 1. The summed E-state index contributed by atoms with van der Waals surface area (Å²) in [5, 5.41) is 0. The summed E-state index contributed by atoms with van der Waals surface area (Å²) in [6, 6.07) is 2.89. The summed E-state index contributed by atoms with van der Waals surface area (Å²) in [5.74, 6) is -0.531. The van der Waals surface area contributed by atoms with Gasteiger partial charge in [-0.25, -0.2) is 9.78 Å². The van der Waals surface area contributed by atoms with Gasteiger partial charge in [-0.15, -0.1) is 0 Å². The van der Waals surface area contributed by atoms with Crippen molar-refractivity contribution in [1.82, 2.24) is 9.88 Å². The molecule has 1 amide bonds. The number of carbonyl (C=O) groups excluding carboxylic acids is 2. The second-order valence-corrected chi connectivity index (χ2v) is 6.78. The average molecular weight is 355 g/mol. The SMILES string of the molecule is CC(C)(C)OC(=O)[C@@H]1CCCN1C(=O)c1cccnc1Br. The highest BCUT2D eigenvalue weighted by atomic mass is 79.9. The molecule has 0 radical (unpaired) electrons. The molecule has 0 unspecified atom stereocenters. The van der Waals surface area contributed by atoms with Crippen molar-refractivity contribution >= 4 is 27.8 Å². The van der Waals surface area contributed by atoms with Crippen molar-refractivity contribution in [3.8, 4) is 0 Å². The lowest BCUT2D eigenvalue weighted by molar-refractivity contribution is -0.159. The van der Waals surface area contributed by atoms with E-state index in [1.165, 1.54) is 0 Å². The average Bonchev–Trinajstić information content (AvgIpc) is 2.85. The van der Waals surface area contributed by atoms with Crippen molar-refractivity contribution in [2.45, 2.75) is 45.3 Å². The first-order valence-electron chi connectivity index (χ1n) is 6.94. The van der Waals surface area contributed by atoms with Crippen LogP contribution in [0.4, 0.5) is 0 Å². The smallest absolute Gasteiger partial charge is 0.329 e.